The Morgan fingerprint density at radius 3 is 2.34 bits per heavy atom. The number of rotatable bonds is 8. The van der Waals surface area contributed by atoms with Gasteiger partial charge in [-0.05, 0) is 36.1 Å². The lowest BCUT2D eigenvalue weighted by molar-refractivity contribution is -0.163. The number of benzene rings is 1. The van der Waals surface area contributed by atoms with Crippen LogP contribution in [0.15, 0.2) is 28.8 Å². The van der Waals surface area contributed by atoms with Crippen LogP contribution < -0.4 is 4.74 Å². The van der Waals surface area contributed by atoms with Crippen LogP contribution in [0.25, 0.3) is 11.4 Å². The fourth-order valence-electron chi connectivity index (χ4n) is 2.78. The third-order valence-corrected chi connectivity index (χ3v) is 3.99. The molecule has 0 atom stereocenters. The summed E-state index contributed by atoms with van der Waals surface area (Å²) in [5, 5.41) is 3.90. The number of aryl methyl sites for hydroxylation is 1. The predicted molar refractivity (Wildman–Crippen MR) is 101 cm³/mol. The van der Waals surface area contributed by atoms with Crippen molar-refractivity contribution in [2.45, 2.75) is 46.2 Å². The average molecular weight is 413 g/mol. The first-order valence-corrected chi connectivity index (χ1v) is 9.28. The molecule has 0 unspecified atom stereocenters. The van der Waals surface area contributed by atoms with Gasteiger partial charge in [-0.1, -0.05) is 25.9 Å². The molecule has 1 amide bonds. The minimum absolute atomic E-state index is 0.0214. The zero-order valence-corrected chi connectivity index (χ0v) is 17.0. The van der Waals surface area contributed by atoms with Crippen LogP contribution in [0.5, 0.6) is 5.75 Å². The highest BCUT2D eigenvalue weighted by atomic mass is 19.4. The van der Waals surface area contributed by atoms with Crippen molar-refractivity contribution in [3.63, 3.8) is 0 Å². The van der Waals surface area contributed by atoms with E-state index >= 15 is 0 Å². The van der Waals surface area contributed by atoms with E-state index in [1.54, 1.807) is 52.1 Å². The molecule has 0 N–H and O–H groups in total. The van der Waals surface area contributed by atoms with Crippen molar-refractivity contribution in [2.24, 2.45) is 5.41 Å². The van der Waals surface area contributed by atoms with Crippen LogP contribution >= 0.6 is 0 Å². The third-order valence-electron chi connectivity index (χ3n) is 3.99. The number of carbonyl (C=O) groups is 1. The summed E-state index contributed by atoms with van der Waals surface area (Å²) in [4.78, 5) is 17.5. The first kappa shape index (κ1) is 22.7. The quantitative estimate of drug-likeness (QED) is 0.637. The maximum absolute atomic E-state index is 12.8. The van der Waals surface area contributed by atoms with Crippen LogP contribution in [0.2, 0.25) is 0 Å². The van der Waals surface area contributed by atoms with Gasteiger partial charge in [0, 0.05) is 24.9 Å². The zero-order valence-electron chi connectivity index (χ0n) is 17.0. The van der Waals surface area contributed by atoms with Gasteiger partial charge in [0.1, 0.15) is 12.3 Å². The highest BCUT2D eigenvalue weighted by Crippen LogP contribution is 2.23. The molecule has 0 saturated heterocycles. The number of methoxy groups -OCH3 is 1. The van der Waals surface area contributed by atoms with Crippen LogP contribution in [0.3, 0.4) is 0 Å². The van der Waals surface area contributed by atoms with Crippen molar-refractivity contribution in [2.75, 3.05) is 20.2 Å². The normalized spacial score (nSPS) is 12.1. The van der Waals surface area contributed by atoms with E-state index in [4.69, 9.17) is 9.26 Å². The molecule has 0 bridgehead atoms. The summed E-state index contributed by atoms with van der Waals surface area (Å²) in [6, 6.07) is 7.12. The number of carbonyl (C=O) groups excluding carboxylic acids is 1. The Balaban J connectivity index is 1.92. The van der Waals surface area contributed by atoms with Crippen molar-refractivity contribution >= 4 is 5.91 Å². The van der Waals surface area contributed by atoms with E-state index in [2.05, 4.69) is 10.1 Å². The van der Waals surface area contributed by atoms with E-state index < -0.39 is 24.0 Å². The Morgan fingerprint density at radius 1 is 1.14 bits per heavy atom. The number of alkyl halides is 3. The van der Waals surface area contributed by atoms with Crippen LogP contribution in [0, 0.1) is 5.41 Å². The smallest absolute Gasteiger partial charge is 0.406 e. The van der Waals surface area contributed by atoms with Crippen LogP contribution in [0.1, 0.15) is 39.5 Å². The van der Waals surface area contributed by atoms with Crippen molar-refractivity contribution in [1.29, 1.82) is 0 Å². The minimum atomic E-state index is -4.43. The molecule has 6 nitrogen and oxygen atoms in total. The molecule has 9 heteroatoms. The molecule has 0 aliphatic rings. The maximum Gasteiger partial charge on any atom is 0.406 e. The lowest BCUT2D eigenvalue weighted by atomic mass is 9.95. The molecule has 29 heavy (non-hydrogen) atoms. The fraction of sp³-hybridized carbons (Fsp3) is 0.550. The molecular weight excluding hydrogens is 387 g/mol. The van der Waals surface area contributed by atoms with Gasteiger partial charge in [0.2, 0.25) is 17.6 Å². The van der Waals surface area contributed by atoms with Gasteiger partial charge in [-0.3, -0.25) is 4.79 Å². The van der Waals surface area contributed by atoms with E-state index in [9.17, 15) is 18.0 Å². The van der Waals surface area contributed by atoms with Gasteiger partial charge in [-0.15, -0.1) is 0 Å². The Kier molecular flexibility index (Phi) is 7.26. The lowest BCUT2D eigenvalue weighted by Crippen LogP contribution is -2.43. The summed E-state index contributed by atoms with van der Waals surface area (Å²) in [6.07, 6.45) is -3.82. The minimum Gasteiger partial charge on any atom is -0.497 e. The second-order valence-electron chi connectivity index (χ2n) is 8.02. The molecule has 2 aromatic rings. The Morgan fingerprint density at radius 2 is 1.79 bits per heavy atom. The van der Waals surface area contributed by atoms with E-state index in [-0.39, 0.29) is 13.0 Å². The molecule has 0 fully saturated rings. The molecule has 0 radical (unpaired) electrons. The van der Waals surface area contributed by atoms with E-state index in [0.717, 1.165) is 10.5 Å². The number of halogens is 3. The van der Waals surface area contributed by atoms with Crippen molar-refractivity contribution < 1.29 is 27.2 Å². The highest BCUT2D eigenvalue weighted by molar-refractivity contribution is 5.76. The van der Waals surface area contributed by atoms with Crippen LogP contribution in [-0.4, -0.2) is 47.3 Å². The summed E-state index contributed by atoms with van der Waals surface area (Å²) in [5.41, 5.74) is 0.319. The van der Waals surface area contributed by atoms with Gasteiger partial charge in [0.25, 0.3) is 0 Å². The predicted octanol–water partition coefficient (Wildman–Crippen LogP) is 4.50. The molecule has 0 saturated carbocycles. The monoisotopic (exact) mass is 413 g/mol. The topological polar surface area (TPSA) is 68.5 Å². The van der Waals surface area contributed by atoms with Gasteiger partial charge < -0.3 is 14.2 Å². The summed E-state index contributed by atoms with van der Waals surface area (Å²) >= 11 is 0. The molecule has 0 aliphatic carbocycles. The second-order valence-corrected chi connectivity index (χ2v) is 8.02. The summed E-state index contributed by atoms with van der Waals surface area (Å²) in [5.74, 6) is 0.906. The first-order valence-electron chi connectivity index (χ1n) is 9.28. The van der Waals surface area contributed by atoms with Crippen molar-refractivity contribution in [1.82, 2.24) is 15.0 Å². The fourth-order valence-corrected chi connectivity index (χ4v) is 2.78. The largest absolute Gasteiger partial charge is 0.497 e. The van der Waals surface area contributed by atoms with E-state index in [1.165, 1.54) is 0 Å². The number of ether oxygens (including phenoxy) is 1. The van der Waals surface area contributed by atoms with Gasteiger partial charge >= 0.3 is 6.18 Å². The third kappa shape index (κ3) is 7.75. The molecule has 1 aromatic heterocycles. The van der Waals surface area contributed by atoms with Crippen molar-refractivity contribution in [3.05, 3.63) is 30.2 Å². The van der Waals surface area contributed by atoms with Gasteiger partial charge in [-0.25, -0.2) is 0 Å². The Bertz CT molecular complexity index is 780. The van der Waals surface area contributed by atoms with Gasteiger partial charge in [0.05, 0.1) is 7.11 Å². The van der Waals surface area contributed by atoms with E-state index in [1.807, 2.05) is 0 Å². The number of hydrogen-bond donors (Lipinski definition) is 0. The Labute approximate surface area is 168 Å². The zero-order chi connectivity index (χ0) is 21.7. The molecule has 0 spiro atoms. The molecule has 160 valence electrons. The second kappa shape index (κ2) is 9.28. The summed E-state index contributed by atoms with van der Waals surface area (Å²) in [6.45, 7) is 4.17. The average Bonchev–Trinajstić information content (AvgIpc) is 3.07. The van der Waals surface area contributed by atoms with Crippen LogP contribution in [0.4, 0.5) is 13.2 Å². The molecule has 0 aliphatic heterocycles. The van der Waals surface area contributed by atoms with Crippen LogP contribution in [-0.2, 0) is 11.2 Å². The lowest BCUT2D eigenvalue weighted by Gasteiger charge is -2.30. The molecule has 1 heterocycles. The van der Waals surface area contributed by atoms with Gasteiger partial charge in [-0.2, -0.15) is 18.2 Å². The summed E-state index contributed by atoms with van der Waals surface area (Å²) < 4.78 is 48.7. The number of hydrogen-bond acceptors (Lipinski definition) is 5. The number of aromatic nitrogens is 2. The standard InChI is InChI=1S/C20H26F3N3O3/c1-19(2,3)12-26(13-20(21,22)23)17(27)7-5-6-16-24-18(25-29-16)14-8-10-15(28-4)11-9-14/h8-11H,5-7,12-13H2,1-4H3. The summed E-state index contributed by atoms with van der Waals surface area (Å²) in [7, 11) is 1.57. The van der Waals surface area contributed by atoms with Crippen molar-refractivity contribution in [3.8, 4) is 17.1 Å². The van der Waals surface area contributed by atoms with Gasteiger partial charge in [0.15, 0.2) is 0 Å². The number of amides is 1. The Hall–Kier alpha value is -2.58. The molecule has 1 aromatic carbocycles. The molecular formula is C20H26F3N3O3. The highest BCUT2D eigenvalue weighted by Gasteiger charge is 2.34. The van der Waals surface area contributed by atoms with E-state index in [0.29, 0.717) is 30.3 Å². The SMILES string of the molecule is COc1ccc(-c2noc(CCCC(=O)N(CC(C)(C)C)CC(F)(F)F)n2)cc1. The number of nitrogens with zero attached hydrogens (tertiary/aromatic N) is 3. The first-order chi connectivity index (χ1) is 13.5. The maximum atomic E-state index is 12.8. The molecule has 2 rings (SSSR count).